The van der Waals surface area contributed by atoms with Crippen molar-refractivity contribution >= 4 is 40.4 Å². The Bertz CT molecular complexity index is 1580. The Labute approximate surface area is 246 Å². The molecule has 0 bridgehead atoms. The zero-order chi connectivity index (χ0) is 28.9. The number of carbonyl (C=O) groups is 2. The number of thiazole rings is 1. The monoisotopic (exact) mass is 566 g/mol. The van der Waals surface area contributed by atoms with Crippen molar-refractivity contribution in [3.05, 3.63) is 82.0 Å². The number of aryl methyl sites for hydroxylation is 1. The molecule has 2 aromatic carbocycles. The van der Waals surface area contributed by atoms with Crippen LogP contribution < -0.4 is 5.32 Å². The highest BCUT2D eigenvalue weighted by atomic mass is 32.1. The van der Waals surface area contributed by atoms with Crippen molar-refractivity contribution in [2.45, 2.75) is 53.4 Å². The number of benzene rings is 2. The number of anilines is 1. The van der Waals surface area contributed by atoms with Crippen LogP contribution in [0, 0.1) is 13.8 Å². The smallest absolute Gasteiger partial charge is 0.256 e. The number of fused-ring (bicyclic) bond motifs is 1. The largest absolute Gasteiger partial charge is 0.359 e. The number of aromatic nitrogens is 2. The number of carbonyl (C=O) groups excluding carboxylic acids is 2. The number of nitrogens with zero attached hydrogens (tertiary/aromatic N) is 2. The van der Waals surface area contributed by atoms with Crippen LogP contribution in [0.15, 0.2) is 53.9 Å². The first-order valence-corrected chi connectivity index (χ1v) is 15.4. The van der Waals surface area contributed by atoms with Gasteiger partial charge >= 0.3 is 0 Å². The number of amides is 1. The summed E-state index contributed by atoms with van der Waals surface area (Å²) in [7, 11) is 0. The minimum Gasteiger partial charge on any atom is -0.359 e. The molecule has 2 N–H and O–H groups in total. The van der Waals surface area contributed by atoms with E-state index in [1.807, 2.05) is 49.4 Å². The number of hydrogen-bond acceptors (Lipinski definition) is 5. The predicted molar refractivity (Wildman–Crippen MR) is 170 cm³/mol. The number of H-pyrrole nitrogens is 1. The molecular formula is C34H38N4O2S. The van der Waals surface area contributed by atoms with Crippen LogP contribution in [0.2, 0.25) is 0 Å². The van der Waals surface area contributed by atoms with Gasteiger partial charge in [0.2, 0.25) is 0 Å². The SMILES string of the molecule is CCN(CC)CCCC(=O)CCc1c(C)[nH]c(/C=C2\C(=O)Nc3ccc(-c4csc(-c5ccccc5)n4)cc32)c1C. The van der Waals surface area contributed by atoms with Gasteiger partial charge in [0.05, 0.1) is 11.3 Å². The van der Waals surface area contributed by atoms with E-state index in [4.69, 9.17) is 4.98 Å². The highest BCUT2D eigenvalue weighted by Crippen LogP contribution is 2.38. The van der Waals surface area contributed by atoms with Crippen molar-refractivity contribution < 1.29 is 9.59 Å². The summed E-state index contributed by atoms with van der Waals surface area (Å²) in [5, 5.41) is 6.04. The molecule has 2 aromatic heterocycles. The molecule has 0 unspecified atom stereocenters. The third-order valence-electron chi connectivity index (χ3n) is 8.02. The van der Waals surface area contributed by atoms with Crippen LogP contribution in [0.3, 0.4) is 0 Å². The van der Waals surface area contributed by atoms with E-state index in [1.165, 1.54) is 0 Å². The lowest BCUT2D eigenvalue weighted by Gasteiger charge is -2.17. The van der Waals surface area contributed by atoms with Crippen LogP contribution >= 0.6 is 11.3 Å². The van der Waals surface area contributed by atoms with E-state index in [0.29, 0.717) is 30.6 Å². The number of ketones is 1. The van der Waals surface area contributed by atoms with Crippen LogP contribution in [0.4, 0.5) is 5.69 Å². The third-order valence-corrected chi connectivity index (χ3v) is 8.91. The second kappa shape index (κ2) is 12.8. The second-order valence-corrected chi connectivity index (χ2v) is 11.5. The van der Waals surface area contributed by atoms with Gasteiger partial charge in [-0.3, -0.25) is 9.59 Å². The van der Waals surface area contributed by atoms with E-state index in [9.17, 15) is 9.59 Å². The lowest BCUT2D eigenvalue weighted by atomic mass is 9.99. The fourth-order valence-electron chi connectivity index (χ4n) is 5.52. The molecule has 1 aliphatic rings. The molecular weight excluding hydrogens is 528 g/mol. The molecule has 1 amide bonds. The van der Waals surface area contributed by atoms with E-state index in [0.717, 1.165) is 81.6 Å². The lowest BCUT2D eigenvalue weighted by Crippen LogP contribution is -2.24. The summed E-state index contributed by atoms with van der Waals surface area (Å²) in [6, 6.07) is 16.2. The lowest BCUT2D eigenvalue weighted by molar-refractivity contribution is -0.119. The zero-order valence-electron chi connectivity index (χ0n) is 24.3. The van der Waals surface area contributed by atoms with Gasteiger partial charge in [-0.2, -0.15) is 0 Å². The van der Waals surface area contributed by atoms with Crippen molar-refractivity contribution in [1.82, 2.24) is 14.9 Å². The van der Waals surface area contributed by atoms with Crippen molar-refractivity contribution in [3.63, 3.8) is 0 Å². The molecule has 0 spiro atoms. The van der Waals surface area contributed by atoms with Gasteiger partial charge in [-0.05, 0) is 75.7 Å². The summed E-state index contributed by atoms with van der Waals surface area (Å²) >= 11 is 1.62. The molecule has 7 heteroatoms. The molecule has 4 aromatic rings. The Morgan fingerprint density at radius 1 is 1.02 bits per heavy atom. The first kappa shape index (κ1) is 28.7. The number of rotatable bonds is 12. The van der Waals surface area contributed by atoms with Crippen LogP contribution in [0.1, 0.15) is 61.2 Å². The number of aromatic amines is 1. The van der Waals surface area contributed by atoms with E-state index in [-0.39, 0.29) is 5.91 Å². The van der Waals surface area contributed by atoms with E-state index in [1.54, 1.807) is 11.3 Å². The van der Waals surface area contributed by atoms with Crippen molar-refractivity contribution in [2.75, 3.05) is 25.0 Å². The highest BCUT2D eigenvalue weighted by Gasteiger charge is 2.26. The highest BCUT2D eigenvalue weighted by molar-refractivity contribution is 7.13. The number of nitrogens with one attached hydrogen (secondary N) is 2. The molecule has 0 saturated carbocycles. The predicted octanol–water partition coefficient (Wildman–Crippen LogP) is 7.54. The number of Topliss-reactive ketones (excluding diaryl/α,β-unsaturated/α-hetero) is 1. The molecule has 6 nitrogen and oxygen atoms in total. The van der Waals surface area contributed by atoms with Crippen molar-refractivity contribution in [1.29, 1.82) is 0 Å². The van der Waals surface area contributed by atoms with E-state index < -0.39 is 0 Å². The molecule has 0 radical (unpaired) electrons. The van der Waals surface area contributed by atoms with Crippen molar-refractivity contribution in [2.24, 2.45) is 0 Å². The van der Waals surface area contributed by atoms with Crippen LogP contribution in [-0.4, -0.2) is 46.2 Å². The summed E-state index contributed by atoms with van der Waals surface area (Å²) in [6.07, 6.45) is 4.73. The normalized spacial score (nSPS) is 13.7. The topological polar surface area (TPSA) is 78.1 Å². The molecule has 3 heterocycles. The van der Waals surface area contributed by atoms with Crippen molar-refractivity contribution in [3.8, 4) is 21.8 Å². The van der Waals surface area contributed by atoms with Crippen LogP contribution in [0.25, 0.3) is 33.5 Å². The van der Waals surface area contributed by atoms with Gasteiger partial charge in [-0.25, -0.2) is 4.98 Å². The van der Waals surface area contributed by atoms with Gasteiger partial charge in [0, 0.05) is 52.0 Å². The first-order chi connectivity index (χ1) is 19.9. The maximum absolute atomic E-state index is 13.0. The molecule has 5 rings (SSSR count). The minimum absolute atomic E-state index is 0.114. The van der Waals surface area contributed by atoms with Gasteiger partial charge < -0.3 is 15.2 Å². The van der Waals surface area contributed by atoms with Gasteiger partial charge in [-0.1, -0.05) is 50.2 Å². The summed E-state index contributed by atoms with van der Waals surface area (Å²) in [5.74, 6) is 0.197. The molecule has 41 heavy (non-hydrogen) atoms. The molecule has 212 valence electrons. The molecule has 0 fully saturated rings. The molecule has 1 aliphatic heterocycles. The van der Waals surface area contributed by atoms with Crippen LogP contribution in [0.5, 0.6) is 0 Å². The second-order valence-electron chi connectivity index (χ2n) is 10.6. The number of hydrogen-bond donors (Lipinski definition) is 2. The average Bonchev–Trinajstić information content (AvgIpc) is 3.67. The molecule has 0 saturated heterocycles. The fraction of sp³-hybridized carbons (Fsp3) is 0.324. The maximum atomic E-state index is 13.0. The Morgan fingerprint density at radius 3 is 2.56 bits per heavy atom. The minimum atomic E-state index is -0.114. The van der Waals surface area contributed by atoms with Gasteiger partial charge in [0.25, 0.3) is 5.91 Å². The molecule has 0 aliphatic carbocycles. The summed E-state index contributed by atoms with van der Waals surface area (Å²) in [5.41, 5.74) is 9.49. The maximum Gasteiger partial charge on any atom is 0.256 e. The standard InChI is InChI=1S/C34H38N4O2S/c1-5-38(6-2)18-10-13-26(39)15-16-27-22(3)31(35-23(27)4)20-29-28-19-25(14-17-30(28)36-33(29)40)32-21-41-34(37-32)24-11-8-7-9-12-24/h7-9,11-12,14,17,19-21,35H,5-6,10,13,15-16,18H2,1-4H3,(H,36,40)/b29-20-. The van der Waals surface area contributed by atoms with E-state index >= 15 is 0 Å². The van der Waals surface area contributed by atoms with Gasteiger partial charge in [0.1, 0.15) is 10.8 Å². The zero-order valence-corrected chi connectivity index (χ0v) is 25.2. The summed E-state index contributed by atoms with van der Waals surface area (Å²) < 4.78 is 0. The Balaban J connectivity index is 1.32. The van der Waals surface area contributed by atoms with Gasteiger partial charge in [0.15, 0.2) is 0 Å². The Hall–Kier alpha value is -3.81. The average molecular weight is 567 g/mol. The fourth-order valence-corrected chi connectivity index (χ4v) is 6.35. The third kappa shape index (κ3) is 6.42. The molecule has 0 atom stereocenters. The van der Waals surface area contributed by atoms with E-state index in [2.05, 4.69) is 53.5 Å². The Kier molecular flexibility index (Phi) is 8.96. The van der Waals surface area contributed by atoms with Crippen LogP contribution in [-0.2, 0) is 16.0 Å². The Morgan fingerprint density at radius 2 is 1.80 bits per heavy atom. The summed E-state index contributed by atoms with van der Waals surface area (Å²) in [6.45, 7) is 11.4. The first-order valence-electron chi connectivity index (χ1n) is 14.5. The quantitative estimate of drug-likeness (QED) is 0.174. The summed E-state index contributed by atoms with van der Waals surface area (Å²) in [4.78, 5) is 36.3. The van der Waals surface area contributed by atoms with Gasteiger partial charge in [-0.15, -0.1) is 11.3 Å².